The summed E-state index contributed by atoms with van der Waals surface area (Å²) < 4.78 is 2.18. The van der Waals surface area contributed by atoms with E-state index in [0.717, 1.165) is 31.6 Å². The molecular formula is C15H26N2O. The lowest BCUT2D eigenvalue weighted by molar-refractivity contribution is -0.0639. The highest BCUT2D eigenvalue weighted by molar-refractivity contribution is 5.02. The molecule has 1 aromatic rings. The summed E-state index contributed by atoms with van der Waals surface area (Å²) in [5, 5.41) is 10.9. The van der Waals surface area contributed by atoms with Crippen LogP contribution in [0.3, 0.4) is 0 Å². The molecule has 0 radical (unpaired) electrons. The van der Waals surface area contributed by atoms with Crippen LogP contribution in [0, 0.1) is 11.8 Å². The van der Waals surface area contributed by atoms with Crippen molar-refractivity contribution in [3.05, 3.63) is 18.2 Å². The van der Waals surface area contributed by atoms with Crippen molar-refractivity contribution < 1.29 is 5.11 Å². The van der Waals surface area contributed by atoms with Crippen LogP contribution in [-0.2, 0) is 13.0 Å². The number of hydrogen-bond acceptors (Lipinski definition) is 2. The van der Waals surface area contributed by atoms with Crippen molar-refractivity contribution in [2.24, 2.45) is 11.8 Å². The maximum absolute atomic E-state index is 10.9. The maximum Gasteiger partial charge on any atom is 0.111 e. The molecule has 1 aromatic heterocycles. The Balaban J connectivity index is 2.13. The summed E-state index contributed by atoms with van der Waals surface area (Å²) in [5.41, 5.74) is -0.561. The highest BCUT2D eigenvalue weighted by atomic mass is 16.3. The summed E-state index contributed by atoms with van der Waals surface area (Å²) in [6, 6.07) is 0. The van der Waals surface area contributed by atoms with Crippen molar-refractivity contribution in [2.75, 3.05) is 0 Å². The minimum atomic E-state index is -0.561. The van der Waals surface area contributed by atoms with E-state index < -0.39 is 5.60 Å². The third-order valence-electron chi connectivity index (χ3n) is 4.70. The second-order valence-corrected chi connectivity index (χ2v) is 5.98. The Labute approximate surface area is 110 Å². The van der Waals surface area contributed by atoms with Crippen molar-refractivity contribution in [3.8, 4) is 0 Å². The Morgan fingerprint density at radius 1 is 1.50 bits per heavy atom. The quantitative estimate of drug-likeness (QED) is 0.892. The molecule has 1 heterocycles. The van der Waals surface area contributed by atoms with Crippen LogP contribution in [0.1, 0.15) is 52.3 Å². The maximum atomic E-state index is 10.9. The fourth-order valence-corrected chi connectivity index (χ4v) is 3.21. The number of imidazole rings is 1. The van der Waals surface area contributed by atoms with Gasteiger partial charge < -0.3 is 9.67 Å². The molecule has 0 bridgehead atoms. The Kier molecular flexibility index (Phi) is 4.10. The van der Waals surface area contributed by atoms with Gasteiger partial charge in [0.15, 0.2) is 0 Å². The standard InChI is InChI=1S/C15H26N2O/c1-4-9-17-10-8-16-14(17)11-15(18)7-5-6-12(2)13(15)3/h8,10,12-13,18H,4-7,9,11H2,1-3H3. The Bertz CT molecular complexity index is 388. The lowest BCUT2D eigenvalue weighted by Gasteiger charge is -2.42. The van der Waals surface area contributed by atoms with Crippen molar-refractivity contribution in [3.63, 3.8) is 0 Å². The minimum absolute atomic E-state index is 0.359. The highest BCUT2D eigenvalue weighted by Gasteiger charge is 2.40. The predicted molar refractivity (Wildman–Crippen MR) is 73.4 cm³/mol. The van der Waals surface area contributed by atoms with Gasteiger partial charge in [0.25, 0.3) is 0 Å². The average Bonchev–Trinajstić information content (AvgIpc) is 2.74. The Morgan fingerprint density at radius 2 is 2.28 bits per heavy atom. The second kappa shape index (κ2) is 5.43. The van der Waals surface area contributed by atoms with Crippen LogP contribution < -0.4 is 0 Å². The zero-order valence-corrected chi connectivity index (χ0v) is 11.9. The number of rotatable bonds is 4. The molecule has 102 valence electrons. The third kappa shape index (κ3) is 2.61. The van der Waals surface area contributed by atoms with E-state index in [0.29, 0.717) is 18.3 Å². The van der Waals surface area contributed by atoms with Crippen molar-refractivity contribution in [1.82, 2.24) is 9.55 Å². The molecule has 1 N–H and O–H groups in total. The molecule has 18 heavy (non-hydrogen) atoms. The van der Waals surface area contributed by atoms with Gasteiger partial charge in [-0.3, -0.25) is 0 Å². The van der Waals surface area contributed by atoms with Gasteiger partial charge in [0.2, 0.25) is 0 Å². The molecule has 3 heteroatoms. The van der Waals surface area contributed by atoms with Crippen LogP contribution in [0.2, 0.25) is 0 Å². The first-order valence-electron chi connectivity index (χ1n) is 7.29. The van der Waals surface area contributed by atoms with E-state index in [-0.39, 0.29) is 0 Å². The summed E-state index contributed by atoms with van der Waals surface area (Å²) in [7, 11) is 0. The van der Waals surface area contributed by atoms with Crippen LogP contribution in [-0.4, -0.2) is 20.3 Å². The smallest absolute Gasteiger partial charge is 0.111 e. The van der Waals surface area contributed by atoms with E-state index in [1.54, 1.807) is 0 Å². The molecule has 2 rings (SSSR count). The molecule has 1 saturated carbocycles. The fourth-order valence-electron chi connectivity index (χ4n) is 3.21. The summed E-state index contributed by atoms with van der Waals surface area (Å²) in [4.78, 5) is 4.44. The van der Waals surface area contributed by atoms with E-state index in [4.69, 9.17) is 0 Å². The highest BCUT2D eigenvalue weighted by Crippen LogP contribution is 2.39. The third-order valence-corrected chi connectivity index (χ3v) is 4.70. The summed E-state index contributed by atoms with van der Waals surface area (Å²) in [6.45, 7) is 7.61. The monoisotopic (exact) mass is 250 g/mol. The first-order chi connectivity index (χ1) is 8.57. The largest absolute Gasteiger partial charge is 0.389 e. The molecule has 0 aliphatic heterocycles. The van der Waals surface area contributed by atoms with Gasteiger partial charge in [0.1, 0.15) is 5.82 Å². The van der Waals surface area contributed by atoms with Gasteiger partial charge in [0.05, 0.1) is 5.60 Å². The lowest BCUT2D eigenvalue weighted by atomic mass is 9.69. The van der Waals surface area contributed by atoms with Crippen LogP contribution in [0.25, 0.3) is 0 Å². The van der Waals surface area contributed by atoms with E-state index in [1.807, 2.05) is 12.4 Å². The minimum Gasteiger partial charge on any atom is -0.389 e. The van der Waals surface area contributed by atoms with Gasteiger partial charge in [-0.05, 0) is 24.7 Å². The Morgan fingerprint density at radius 3 is 3.00 bits per heavy atom. The van der Waals surface area contributed by atoms with Gasteiger partial charge in [-0.25, -0.2) is 4.98 Å². The molecule has 3 atom stereocenters. The Hall–Kier alpha value is -0.830. The lowest BCUT2D eigenvalue weighted by Crippen LogP contribution is -2.45. The normalized spacial score (nSPS) is 32.7. The SMILES string of the molecule is CCCn1ccnc1CC1(O)CCCC(C)C1C. The van der Waals surface area contributed by atoms with Crippen LogP contribution in [0.4, 0.5) is 0 Å². The van der Waals surface area contributed by atoms with Gasteiger partial charge in [-0.1, -0.05) is 33.6 Å². The van der Waals surface area contributed by atoms with Crippen LogP contribution in [0.15, 0.2) is 12.4 Å². The zero-order valence-electron chi connectivity index (χ0n) is 11.9. The molecule has 1 aliphatic carbocycles. The van der Waals surface area contributed by atoms with Gasteiger partial charge >= 0.3 is 0 Å². The first kappa shape index (κ1) is 13.6. The molecule has 0 saturated heterocycles. The molecular weight excluding hydrogens is 224 g/mol. The first-order valence-corrected chi connectivity index (χ1v) is 7.29. The molecule has 1 fully saturated rings. The number of aryl methyl sites for hydroxylation is 1. The average molecular weight is 250 g/mol. The number of aliphatic hydroxyl groups is 1. The van der Waals surface area contributed by atoms with E-state index in [1.165, 1.54) is 6.42 Å². The molecule has 0 aromatic carbocycles. The van der Waals surface area contributed by atoms with Gasteiger partial charge in [-0.2, -0.15) is 0 Å². The molecule has 0 spiro atoms. The molecule has 0 amide bonds. The van der Waals surface area contributed by atoms with E-state index in [9.17, 15) is 5.11 Å². The second-order valence-electron chi connectivity index (χ2n) is 5.98. The zero-order chi connectivity index (χ0) is 13.2. The van der Waals surface area contributed by atoms with Gasteiger partial charge in [0, 0.05) is 25.4 Å². The van der Waals surface area contributed by atoms with E-state index >= 15 is 0 Å². The number of aromatic nitrogens is 2. The molecule has 3 nitrogen and oxygen atoms in total. The summed E-state index contributed by atoms with van der Waals surface area (Å²) in [5.74, 6) is 2.01. The van der Waals surface area contributed by atoms with Crippen LogP contribution >= 0.6 is 0 Å². The molecule has 3 unspecified atom stereocenters. The van der Waals surface area contributed by atoms with Crippen molar-refractivity contribution in [2.45, 2.75) is 65.0 Å². The van der Waals surface area contributed by atoms with Crippen molar-refractivity contribution >= 4 is 0 Å². The predicted octanol–water partition coefficient (Wildman–Crippen LogP) is 3.02. The topological polar surface area (TPSA) is 38.0 Å². The number of nitrogens with zero attached hydrogens (tertiary/aromatic N) is 2. The van der Waals surface area contributed by atoms with Crippen molar-refractivity contribution in [1.29, 1.82) is 0 Å². The summed E-state index contributed by atoms with van der Waals surface area (Å²) in [6.07, 6.45) is 8.98. The fraction of sp³-hybridized carbons (Fsp3) is 0.800. The van der Waals surface area contributed by atoms with E-state index in [2.05, 4.69) is 30.3 Å². The van der Waals surface area contributed by atoms with Gasteiger partial charge in [-0.15, -0.1) is 0 Å². The number of hydrogen-bond donors (Lipinski definition) is 1. The van der Waals surface area contributed by atoms with Crippen LogP contribution in [0.5, 0.6) is 0 Å². The molecule has 1 aliphatic rings. The summed E-state index contributed by atoms with van der Waals surface area (Å²) >= 11 is 0.